The van der Waals surface area contributed by atoms with Gasteiger partial charge in [0.25, 0.3) is 0 Å². The monoisotopic (exact) mass is 234 g/mol. The molecule has 4 nitrogen and oxygen atoms in total. The van der Waals surface area contributed by atoms with Crippen molar-refractivity contribution in [3.63, 3.8) is 0 Å². The van der Waals surface area contributed by atoms with Gasteiger partial charge in [-0.1, -0.05) is 26.8 Å². The van der Waals surface area contributed by atoms with E-state index in [1.54, 1.807) is 18.2 Å². The molecule has 1 aromatic rings. The van der Waals surface area contributed by atoms with Gasteiger partial charge in [0.1, 0.15) is 0 Å². The summed E-state index contributed by atoms with van der Waals surface area (Å²) in [5.41, 5.74) is 6.63. The molecule has 0 aliphatic carbocycles. The molecule has 3 N–H and O–H groups in total. The van der Waals surface area contributed by atoms with Gasteiger partial charge in [-0.3, -0.25) is 9.59 Å². The first-order valence-corrected chi connectivity index (χ1v) is 5.43. The van der Waals surface area contributed by atoms with Gasteiger partial charge in [0.2, 0.25) is 11.8 Å². The Kier molecular flexibility index (Phi) is 3.56. The highest BCUT2D eigenvalue weighted by molar-refractivity contribution is 5.98. The maximum atomic E-state index is 11.8. The van der Waals surface area contributed by atoms with E-state index in [4.69, 9.17) is 5.73 Å². The normalized spacial score (nSPS) is 11.1. The molecule has 0 aliphatic rings. The van der Waals surface area contributed by atoms with Crippen molar-refractivity contribution in [2.75, 3.05) is 5.32 Å². The Morgan fingerprint density at radius 3 is 2.29 bits per heavy atom. The van der Waals surface area contributed by atoms with E-state index in [0.717, 1.165) is 5.56 Å². The topological polar surface area (TPSA) is 72.2 Å². The highest BCUT2D eigenvalue weighted by Gasteiger charge is 2.21. The molecule has 1 aromatic carbocycles. The van der Waals surface area contributed by atoms with E-state index in [-0.39, 0.29) is 5.91 Å². The van der Waals surface area contributed by atoms with E-state index in [1.165, 1.54) is 0 Å². The van der Waals surface area contributed by atoms with Crippen LogP contribution in [-0.4, -0.2) is 11.8 Å². The van der Waals surface area contributed by atoms with Crippen molar-refractivity contribution in [1.29, 1.82) is 0 Å². The van der Waals surface area contributed by atoms with E-state index in [0.29, 0.717) is 11.3 Å². The number of carbonyl (C=O) groups excluding carboxylic acids is 2. The van der Waals surface area contributed by atoms with Crippen molar-refractivity contribution >= 4 is 17.5 Å². The van der Waals surface area contributed by atoms with Crippen LogP contribution in [0.2, 0.25) is 0 Å². The number of hydrogen-bond donors (Lipinski definition) is 2. The summed E-state index contributed by atoms with van der Waals surface area (Å²) in [4.78, 5) is 22.9. The van der Waals surface area contributed by atoms with Gasteiger partial charge in [-0.2, -0.15) is 0 Å². The molecule has 0 radical (unpaired) electrons. The summed E-state index contributed by atoms with van der Waals surface area (Å²) in [5.74, 6) is -0.599. The highest BCUT2D eigenvalue weighted by atomic mass is 16.2. The Hall–Kier alpha value is -1.84. The first-order chi connectivity index (χ1) is 7.71. The summed E-state index contributed by atoms with van der Waals surface area (Å²) in [6.07, 6.45) is 0. The molecule has 2 amide bonds. The minimum atomic E-state index is -0.503. The minimum Gasteiger partial charge on any atom is -0.366 e. The Balaban J connectivity index is 3.02. The summed E-state index contributed by atoms with van der Waals surface area (Å²) < 4.78 is 0. The van der Waals surface area contributed by atoms with Crippen LogP contribution in [0, 0.1) is 12.3 Å². The number of amides is 2. The maximum absolute atomic E-state index is 11.8. The van der Waals surface area contributed by atoms with Gasteiger partial charge >= 0.3 is 0 Å². The minimum absolute atomic E-state index is 0.0952. The van der Waals surface area contributed by atoms with Gasteiger partial charge in [-0.15, -0.1) is 0 Å². The number of nitrogens with two attached hydrogens (primary N) is 1. The van der Waals surface area contributed by atoms with Crippen molar-refractivity contribution in [3.8, 4) is 0 Å². The zero-order chi connectivity index (χ0) is 13.2. The number of primary amides is 1. The standard InChI is InChI=1S/C13H18N2O2/c1-8-5-6-9(11(14)16)7-10(8)15-12(17)13(2,3)4/h5-7H,1-4H3,(H2,14,16)(H,15,17). The summed E-state index contributed by atoms with van der Waals surface area (Å²) in [5, 5.41) is 2.80. The van der Waals surface area contributed by atoms with E-state index in [9.17, 15) is 9.59 Å². The molecule has 0 heterocycles. The Morgan fingerprint density at radius 1 is 1.24 bits per heavy atom. The summed E-state index contributed by atoms with van der Waals surface area (Å²) in [7, 11) is 0. The largest absolute Gasteiger partial charge is 0.366 e. The lowest BCUT2D eigenvalue weighted by Crippen LogP contribution is -2.28. The molecule has 0 spiro atoms. The lowest BCUT2D eigenvalue weighted by molar-refractivity contribution is -0.123. The molecule has 0 unspecified atom stereocenters. The Labute approximate surface area is 101 Å². The van der Waals surface area contributed by atoms with Crippen molar-refractivity contribution < 1.29 is 9.59 Å². The van der Waals surface area contributed by atoms with Crippen LogP contribution in [0.25, 0.3) is 0 Å². The van der Waals surface area contributed by atoms with Crippen LogP contribution < -0.4 is 11.1 Å². The van der Waals surface area contributed by atoms with Gasteiger partial charge in [-0.25, -0.2) is 0 Å². The smallest absolute Gasteiger partial charge is 0.248 e. The molecular weight excluding hydrogens is 216 g/mol. The fourth-order valence-corrected chi connectivity index (χ4v) is 1.22. The van der Waals surface area contributed by atoms with E-state index in [2.05, 4.69) is 5.32 Å². The molecule has 0 saturated carbocycles. The van der Waals surface area contributed by atoms with Crippen molar-refractivity contribution in [2.24, 2.45) is 11.1 Å². The predicted octanol–water partition coefficient (Wildman–Crippen LogP) is 2.08. The number of carbonyl (C=O) groups is 2. The third-order valence-corrected chi connectivity index (χ3v) is 2.45. The number of anilines is 1. The first kappa shape index (κ1) is 13.2. The summed E-state index contributed by atoms with van der Waals surface area (Å²) in [6, 6.07) is 5.00. The summed E-state index contributed by atoms with van der Waals surface area (Å²) in [6.45, 7) is 7.35. The van der Waals surface area contributed by atoms with Crippen LogP contribution in [0.15, 0.2) is 18.2 Å². The third kappa shape index (κ3) is 3.31. The molecule has 0 aliphatic heterocycles. The van der Waals surface area contributed by atoms with Crippen LogP contribution in [-0.2, 0) is 4.79 Å². The Bertz CT molecular complexity index is 459. The molecule has 0 bridgehead atoms. The van der Waals surface area contributed by atoms with Crippen LogP contribution in [0.1, 0.15) is 36.7 Å². The molecule has 0 fully saturated rings. The second-order valence-corrected chi connectivity index (χ2v) is 5.10. The molecule has 17 heavy (non-hydrogen) atoms. The first-order valence-electron chi connectivity index (χ1n) is 5.43. The van der Waals surface area contributed by atoms with Gasteiger partial charge in [0.05, 0.1) is 0 Å². The van der Waals surface area contributed by atoms with Crippen molar-refractivity contribution in [2.45, 2.75) is 27.7 Å². The quantitative estimate of drug-likeness (QED) is 0.822. The number of nitrogens with one attached hydrogen (secondary N) is 1. The van der Waals surface area contributed by atoms with E-state index >= 15 is 0 Å². The third-order valence-electron chi connectivity index (χ3n) is 2.45. The molecule has 0 saturated heterocycles. The van der Waals surface area contributed by atoms with Crippen LogP contribution in [0.5, 0.6) is 0 Å². The van der Waals surface area contributed by atoms with Crippen molar-refractivity contribution in [3.05, 3.63) is 29.3 Å². The zero-order valence-corrected chi connectivity index (χ0v) is 10.6. The molecule has 0 atom stereocenters. The van der Waals surface area contributed by atoms with Gasteiger partial charge in [-0.05, 0) is 24.6 Å². The lowest BCUT2D eigenvalue weighted by Gasteiger charge is -2.19. The maximum Gasteiger partial charge on any atom is 0.248 e. The molecule has 0 aromatic heterocycles. The van der Waals surface area contributed by atoms with Gasteiger partial charge in [0, 0.05) is 16.7 Å². The zero-order valence-electron chi connectivity index (χ0n) is 10.6. The van der Waals surface area contributed by atoms with Crippen LogP contribution in [0.3, 0.4) is 0 Å². The predicted molar refractivity (Wildman–Crippen MR) is 67.8 cm³/mol. The number of hydrogen-bond acceptors (Lipinski definition) is 2. The van der Waals surface area contributed by atoms with E-state index in [1.807, 2.05) is 27.7 Å². The molecule has 1 rings (SSSR count). The second-order valence-electron chi connectivity index (χ2n) is 5.10. The number of rotatable bonds is 2. The highest BCUT2D eigenvalue weighted by Crippen LogP contribution is 2.21. The fourth-order valence-electron chi connectivity index (χ4n) is 1.22. The molecule has 4 heteroatoms. The molecular formula is C13H18N2O2. The fraction of sp³-hybridized carbons (Fsp3) is 0.385. The lowest BCUT2D eigenvalue weighted by atomic mass is 9.95. The molecule has 92 valence electrons. The van der Waals surface area contributed by atoms with Gasteiger partial charge < -0.3 is 11.1 Å². The average Bonchev–Trinajstić information content (AvgIpc) is 2.19. The van der Waals surface area contributed by atoms with E-state index < -0.39 is 11.3 Å². The second kappa shape index (κ2) is 4.57. The SMILES string of the molecule is Cc1ccc(C(N)=O)cc1NC(=O)C(C)(C)C. The number of aryl methyl sites for hydroxylation is 1. The Morgan fingerprint density at radius 2 is 1.82 bits per heavy atom. The van der Waals surface area contributed by atoms with Gasteiger partial charge in [0.15, 0.2) is 0 Å². The number of benzene rings is 1. The average molecular weight is 234 g/mol. The summed E-state index contributed by atoms with van der Waals surface area (Å²) >= 11 is 0. The van der Waals surface area contributed by atoms with Crippen molar-refractivity contribution in [1.82, 2.24) is 0 Å². The van der Waals surface area contributed by atoms with Crippen LogP contribution >= 0.6 is 0 Å². The van der Waals surface area contributed by atoms with Crippen LogP contribution in [0.4, 0.5) is 5.69 Å².